The molecule has 0 saturated heterocycles. The monoisotopic (exact) mass is 473 g/mol. The third-order valence-corrected chi connectivity index (χ3v) is 6.73. The number of sulfonamides is 1. The number of anilines is 1. The molecule has 0 aliphatic rings. The van der Waals surface area contributed by atoms with Crippen LogP contribution in [0.25, 0.3) is 0 Å². The summed E-state index contributed by atoms with van der Waals surface area (Å²) in [6, 6.07) is 16.1. The van der Waals surface area contributed by atoms with E-state index in [0.29, 0.717) is 31.6 Å². The number of likely N-dealkylation sites (N-methyl/N-ethyl adjacent to an activating group) is 1. The van der Waals surface area contributed by atoms with Gasteiger partial charge in [0, 0.05) is 26.1 Å². The molecule has 2 amide bonds. The van der Waals surface area contributed by atoms with Gasteiger partial charge in [-0.3, -0.25) is 13.9 Å². The zero-order valence-electron chi connectivity index (χ0n) is 20.0. The normalized spacial score (nSPS) is 12.1. The van der Waals surface area contributed by atoms with Gasteiger partial charge in [0.05, 0.1) is 11.9 Å². The van der Waals surface area contributed by atoms with Crippen molar-refractivity contribution >= 4 is 27.5 Å². The van der Waals surface area contributed by atoms with Gasteiger partial charge in [-0.25, -0.2) is 8.42 Å². The van der Waals surface area contributed by atoms with Crippen LogP contribution < -0.4 is 9.62 Å². The highest BCUT2D eigenvalue weighted by Crippen LogP contribution is 2.20. The Morgan fingerprint density at radius 2 is 1.64 bits per heavy atom. The Hall–Kier alpha value is -2.87. The lowest BCUT2D eigenvalue weighted by molar-refractivity contribution is -0.141. The smallest absolute Gasteiger partial charge is 0.242 e. The number of hydrogen-bond donors (Lipinski definition) is 1. The summed E-state index contributed by atoms with van der Waals surface area (Å²) in [5.74, 6) is -0.346. The molecular weight excluding hydrogens is 438 g/mol. The lowest BCUT2D eigenvalue weighted by Crippen LogP contribution is -2.49. The van der Waals surface area contributed by atoms with Crippen molar-refractivity contribution in [1.82, 2.24) is 10.2 Å². The fourth-order valence-corrected chi connectivity index (χ4v) is 4.75. The number of benzene rings is 2. The molecule has 7 nitrogen and oxygen atoms in total. The van der Waals surface area contributed by atoms with Crippen LogP contribution in [0.4, 0.5) is 5.69 Å². The predicted octanol–water partition coefficient (Wildman–Crippen LogP) is 3.48. The van der Waals surface area contributed by atoms with Crippen LogP contribution >= 0.6 is 0 Å². The summed E-state index contributed by atoms with van der Waals surface area (Å²) in [6.45, 7) is 6.72. The Labute approximate surface area is 197 Å². The second kappa shape index (κ2) is 12.4. The summed E-state index contributed by atoms with van der Waals surface area (Å²) >= 11 is 0. The Balaban J connectivity index is 2.19. The first kappa shape index (κ1) is 26.4. The number of para-hydroxylation sites is 1. The molecule has 0 saturated carbocycles. The van der Waals surface area contributed by atoms with Crippen LogP contribution in [0, 0.1) is 6.92 Å². The number of rotatable bonds is 12. The molecule has 0 heterocycles. The number of carbonyl (C=O) groups is 2. The van der Waals surface area contributed by atoms with Gasteiger partial charge in [0.25, 0.3) is 0 Å². The first-order valence-electron chi connectivity index (χ1n) is 11.3. The average molecular weight is 474 g/mol. The Morgan fingerprint density at radius 3 is 2.21 bits per heavy atom. The minimum atomic E-state index is -3.49. The Morgan fingerprint density at radius 1 is 1.00 bits per heavy atom. The van der Waals surface area contributed by atoms with Crippen molar-refractivity contribution in [2.24, 2.45) is 0 Å². The van der Waals surface area contributed by atoms with Gasteiger partial charge in [-0.1, -0.05) is 49.4 Å². The molecule has 33 heavy (non-hydrogen) atoms. The molecule has 2 rings (SSSR count). The van der Waals surface area contributed by atoms with Crippen molar-refractivity contribution in [1.29, 1.82) is 0 Å². The summed E-state index contributed by atoms with van der Waals surface area (Å²) in [6.07, 6.45) is 2.13. The maximum absolute atomic E-state index is 13.3. The van der Waals surface area contributed by atoms with E-state index in [-0.39, 0.29) is 24.8 Å². The molecule has 0 aliphatic heterocycles. The fraction of sp³-hybridized carbons (Fsp3) is 0.440. The van der Waals surface area contributed by atoms with Crippen molar-refractivity contribution in [3.8, 4) is 0 Å². The van der Waals surface area contributed by atoms with Gasteiger partial charge in [-0.2, -0.15) is 0 Å². The van der Waals surface area contributed by atoms with Crippen LogP contribution in [-0.4, -0.2) is 50.5 Å². The highest BCUT2D eigenvalue weighted by molar-refractivity contribution is 7.92. The number of aryl methyl sites for hydroxylation is 1. The predicted molar refractivity (Wildman–Crippen MR) is 132 cm³/mol. The van der Waals surface area contributed by atoms with Gasteiger partial charge in [0.2, 0.25) is 21.8 Å². The molecule has 1 atom stereocenters. The van der Waals surface area contributed by atoms with Crippen molar-refractivity contribution in [2.45, 2.75) is 52.6 Å². The third-order valence-electron chi connectivity index (χ3n) is 5.54. The molecule has 0 aliphatic carbocycles. The topological polar surface area (TPSA) is 86.8 Å². The van der Waals surface area contributed by atoms with Gasteiger partial charge in [0.1, 0.15) is 6.04 Å². The molecule has 0 radical (unpaired) electrons. The standard InChI is InChI=1S/C25H35N3O4S/c1-5-23(25(30)26-6-2)27(19-21-14-11-10-13-20(21)3)24(29)17-12-18-28(33(4,31)32)22-15-8-7-9-16-22/h7-11,13-16,23H,5-6,12,17-19H2,1-4H3,(H,26,30)/t23-/m0/s1. The number of nitrogens with one attached hydrogen (secondary N) is 1. The van der Waals surface area contributed by atoms with Gasteiger partial charge < -0.3 is 10.2 Å². The zero-order chi connectivity index (χ0) is 24.4. The van der Waals surface area contributed by atoms with E-state index in [9.17, 15) is 18.0 Å². The Bertz CT molecular complexity index is 1020. The Kier molecular flexibility index (Phi) is 9.91. The number of hydrogen-bond acceptors (Lipinski definition) is 4. The van der Waals surface area contributed by atoms with Crippen LogP contribution in [0.2, 0.25) is 0 Å². The molecule has 8 heteroatoms. The molecule has 0 unspecified atom stereocenters. The van der Waals surface area contributed by atoms with Crippen molar-refractivity contribution in [3.63, 3.8) is 0 Å². The largest absolute Gasteiger partial charge is 0.355 e. The molecule has 2 aromatic carbocycles. The SMILES string of the molecule is CCNC(=O)[C@H](CC)N(Cc1ccccc1C)C(=O)CCCN(c1ccccc1)S(C)(=O)=O. The highest BCUT2D eigenvalue weighted by atomic mass is 32.2. The lowest BCUT2D eigenvalue weighted by atomic mass is 10.1. The fourth-order valence-electron chi connectivity index (χ4n) is 3.78. The van der Waals surface area contributed by atoms with E-state index in [2.05, 4.69) is 5.32 Å². The van der Waals surface area contributed by atoms with Gasteiger partial charge in [-0.15, -0.1) is 0 Å². The second-order valence-electron chi connectivity index (χ2n) is 8.04. The van der Waals surface area contributed by atoms with E-state index in [1.807, 2.05) is 51.1 Å². The minimum absolute atomic E-state index is 0.140. The zero-order valence-corrected chi connectivity index (χ0v) is 20.8. The van der Waals surface area contributed by atoms with E-state index >= 15 is 0 Å². The molecule has 0 aromatic heterocycles. The molecule has 1 N–H and O–H groups in total. The molecule has 0 bridgehead atoms. The van der Waals surface area contributed by atoms with Crippen LogP contribution in [0.3, 0.4) is 0 Å². The van der Waals surface area contributed by atoms with E-state index < -0.39 is 16.1 Å². The molecule has 180 valence electrons. The quantitative estimate of drug-likeness (QED) is 0.511. The van der Waals surface area contributed by atoms with Gasteiger partial charge in [0.15, 0.2) is 0 Å². The summed E-state index contributed by atoms with van der Waals surface area (Å²) in [5, 5.41) is 2.83. The first-order valence-corrected chi connectivity index (χ1v) is 13.2. The van der Waals surface area contributed by atoms with E-state index in [0.717, 1.165) is 17.4 Å². The van der Waals surface area contributed by atoms with Gasteiger partial charge >= 0.3 is 0 Å². The summed E-state index contributed by atoms with van der Waals surface area (Å²) in [4.78, 5) is 27.6. The van der Waals surface area contributed by atoms with Crippen LogP contribution in [0.5, 0.6) is 0 Å². The maximum Gasteiger partial charge on any atom is 0.242 e. The summed E-state index contributed by atoms with van der Waals surface area (Å²) in [7, 11) is -3.49. The lowest BCUT2D eigenvalue weighted by Gasteiger charge is -2.31. The minimum Gasteiger partial charge on any atom is -0.355 e. The van der Waals surface area contributed by atoms with Gasteiger partial charge in [-0.05, 0) is 49.9 Å². The number of amides is 2. The first-order chi connectivity index (χ1) is 15.7. The van der Waals surface area contributed by atoms with Crippen LogP contribution in [0.15, 0.2) is 54.6 Å². The molecular formula is C25H35N3O4S. The second-order valence-corrected chi connectivity index (χ2v) is 9.95. The van der Waals surface area contributed by atoms with Crippen LogP contribution in [-0.2, 0) is 26.2 Å². The summed E-state index contributed by atoms with van der Waals surface area (Å²) in [5.41, 5.74) is 2.60. The molecule has 0 spiro atoms. The average Bonchev–Trinajstić information content (AvgIpc) is 2.77. The van der Waals surface area contributed by atoms with Crippen molar-refractivity contribution in [3.05, 3.63) is 65.7 Å². The molecule has 2 aromatic rings. The van der Waals surface area contributed by atoms with E-state index in [1.54, 1.807) is 29.2 Å². The highest BCUT2D eigenvalue weighted by Gasteiger charge is 2.28. The third kappa shape index (κ3) is 7.60. The van der Waals surface area contributed by atoms with E-state index in [1.165, 1.54) is 4.31 Å². The molecule has 0 fully saturated rings. The number of nitrogens with zero attached hydrogens (tertiary/aromatic N) is 2. The maximum atomic E-state index is 13.3. The van der Waals surface area contributed by atoms with E-state index in [4.69, 9.17) is 0 Å². The summed E-state index contributed by atoms with van der Waals surface area (Å²) < 4.78 is 25.9. The van der Waals surface area contributed by atoms with Crippen molar-refractivity contribution in [2.75, 3.05) is 23.7 Å². The number of carbonyl (C=O) groups excluding carboxylic acids is 2. The van der Waals surface area contributed by atoms with Crippen molar-refractivity contribution < 1.29 is 18.0 Å². The van der Waals surface area contributed by atoms with Crippen LogP contribution in [0.1, 0.15) is 44.2 Å².